The Labute approximate surface area is 172 Å². The maximum atomic E-state index is 13.2. The average molecular weight is 383 g/mol. The molecule has 2 amide bonds. The highest BCUT2D eigenvalue weighted by molar-refractivity contribution is 6.01. The third-order valence-electron chi connectivity index (χ3n) is 5.21. The van der Waals surface area contributed by atoms with Gasteiger partial charge in [-0.15, -0.1) is 0 Å². The molecular weight excluding hydrogens is 358 g/mol. The summed E-state index contributed by atoms with van der Waals surface area (Å²) in [6.45, 7) is 2.05. The molecule has 0 saturated heterocycles. The molecule has 1 aliphatic heterocycles. The fourth-order valence-electron chi connectivity index (χ4n) is 3.56. The van der Waals surface area contributed by atoms with Crippen LogP contribution in [0.25, 0.3) is 5.70 Å². The predicted octanol–water partition coefficient (Wildman–Crippen LogP) is 5.37. The van der Waals surface area contributed by atoms with Gasteiger partial charge < -0.3 is 10.2 Å². The molecule has 1 atom stereocenters. The Morgan fingerprint density at radius 1 is 0.862 bits per heavy atom. The zero-order chi connectivity index (χ0) is 20.4. The van der Waals surface area contributed by atoms with E-state index in [1.807, 2.05) is 80.5 Å². The lowest BCUT2D eigenvalue weighted by Crippen LogP contribution is -2.45. The van der Waals surface area contributed by atoms with Gasteiger partial charge in [0.05, 0.1) is 6.04 Å². The van der Waals surface area contributed by atoms with Crippen LogP contribution in [-0.2, 0) is 0 Å². The number of aryl methyl sites for hydroxylation is 1. The second kappa shape index (κ2) is 7.84. The number of hydrogen-bond donors (Lipinski definition) is 1. The Bertz CT molecular complexity index is 1020. The molecule has 0 spiro atoms. The highest BCUT2D eigenvalue weighted by atomic mass is 16.2. The van der Waals surface area contributed by atoms with E-state index in [4.69, 9.17) is 0 Å². The average Bonchev–Trinajstić information content (AvgIpc) is 2.75. The minimum absolute atomic E-state index is 0.128. The van der Waals surface area contributed by atoms with E-state index in [1.54, 1.807) is 0 Å². The molecule has 1 aliphatic rings. The molecule has 1 N–H and O–H groups in total. The number of nitrogens with zero attached hydrogens (tertiary/aromatic N) is 2. The van der Waals surface area contributed by atoms with Gasteiger partial charge in [0.15, 0.2) is 0 Å². The number of carbonyl (C=O) groups is 1. The maximum Gasteiger partial charge on any atom is 0.327 e. The number of anilines is 2. The second-order valence-corrected chi connectivity index (χ2v) is 7.51. The Hall–Kier alpha value is -3.53. The van der Waals surface area contributed by atoms with Crippen molar-refractivity contribution in [2.75, 3.05) is 23.9 Å². The lowest BCUT2D eigenvalue weighted by molar-refractivity contribution is 0.248. The van der Waals surface area contributed by atoms with Crippen LogP contribution in [0.15, 0.2) is 84.9 Å². The van der Waals surface area contributed by atoms with Crippen LogP contribution in [0, 0.1) is 6.92 Å². The largest absolute Gasteiger partial charge is 0.378 e. The first kappa shape index (κ1) is 18.8. The summed E-state index contributed by atoms with van der Waals surface area (Å²) in [6.07, 6.45) is 2.13. The highest BCUT2D eigenvalue weighted by Crippen LogP contribution is 2.34. The van der Waals surface area contributed by atoms with Gasteiger partial charge >= 0.3 is 6.03 Å². The van der Waals surface area contributed by atoms with Gasteiger partial charge in [0.2, 0.25) is 0 Å². The normalized spacial score (nSPS) is 16.2. The number of carbonyl (C=O) groups excluding carboxylic acids is 1. The summed E-state index contributed by atoms with van der Waals surface area (Å²) < 4.78 is 0. The van der Waals surface area contributed by atoms with Crippen molar-refractivity contribution in [2.45, 2.75) is 13.0 Å². The van der Waals surface area contributed by atoms with Crippen LogP contribution >= 0.6 is 0 Å². The first-order chi connectivity index (χ1) is 14.0. The summed E-state index contributed by atoms with van der Waals surface area (Å²) >= 11 is 0. The minimum atomic E-state index is -0.196. The summed E-state index contributed by atoms with van der Waals surface area (Å²) in [5, 5.41) is 3.07. The van der Waals surface area contributed by atoms with Crippen LogP contribution < -0.4 is 15.1 Å². The van der Waals surface area contributed by atoms with E-state index >= 15 is 0 Å². The number of benzene rings is 3. The number of urea groups is 1. The van der Waals surface area contributed by atoms with Crippen molar-refractivity contribution < 1.29 is 4.79 Å². The van der Waals surface area contributed by atoms with Crippen LogP contribution in [0.3, 0.4) is 0 Å². The Morgan fingerprint density at radius 3 is 2.14 bits per heavy atom. The lowest BCUT2D eigenvalue weighted by atomic mass is 9.98. The molecule has 3 aromatic carbocycles. The van der Waals surface area contributed by atoms with Gasteiger partial charge in [-0.2, -0.15) is 0 Å². The van der Waals surface area contributed by atoms with E-state index < -0.39 is 0 Å². The second-order valence-electron chi connectivity index (χ2n) is 7.51. The SMILES string of the molecule is Cc1ccc(N2C(=O)NC(c3ccccc3)=CC2c2ccc(N(C)C)cc2)cc1. The van der Waals surface area contributed by atoms with Crippen molar-refractivity contribution in [3.63, 3.8) is 0 Å². The first-order valence-electron chi connectivity index (χ1n) is 9.74. The molecule has 4 heteroatoms. The number of hydrogen-bond acceptors (Lipinski definition) is 2. The Balaban J connectivity index is 1.80. The molecule has 0 fully saturated rings. The molecule has 0 aliphatic carbocycles. The van der Waals surface area contributed by atoms with Crippen molar-refractivity contribution >= 4 is 23.1 Å². The van der Waals surface area contributed by atoms with Crippen LogP contribution in [0.1, 0.15) is 22.7 Å². The molecule has 0 radical (unpaired) electrons. The minimum Gasteiger partial charge on any atom is -0.378 e. The molecule has 0 bridgehead atoms. The van der Waals surface area contributed by atoms with Crippen LogP contribution in [0.2, 0.25) is 0 Å². The molecule has 29 heavy (non-hydrogen) atoms. The summed E-state index contributed by atoms with van der Waals surface area (Å²) in [5.41, 5.74) is 6.07. The molecule has 1 heterocycles. The summed E-state index contributed by atoms with van der Waals surface area (Å²) in [7, 11) is 4.05. The van der Waals surface area contributed by atoms with E-state index in [9.17, 15) is 4.79 Å². The maximum absolute atomic E-state index is 13.2. The van der Waals surface area contributed by atoms with Gasteiger partial charge in [0, 0.05) is 31.2 Å². The van der Waals surface area contributed by atoms with Crippen molar-refractivity contribution in [3.8, 4) is 0 Å². The van der Waals surface area contributed by atoms with Gasteiger partial charge in [-0.3, -0.25) is 4.90 Å². The van der Waals surface area contributed by atoms with E-state index in [0.29, 0.717) is 0 Å². The quantitative estimate of drug-likeness (QED) is 0.657. The number of nitrogens with one attached hydrogen (secondary N) is 1. The molecule has 4 rings (SSSR count). The summed E-state index contributed by atoms with van der Waals surface area (Å²) in [5.74, 6) is 0. The van der Waals surface area contributed by atoms with Gasteiger partial charge in [0.25, 0.3) is 0 Å². The lowest BCUT2D eigenvalue weighted by Gasteiger charge is -2.35. The van der Waals surface area contributed by atoms with Crippen LogP contribution in [0.4, 0.5) is 16.2 Å². The first-order valence-corrected chi connectivity index (χ1v) is 9.74. The molecule has 0 aromatic heterocycles. The van der Waals surface area contributed by atoms with Crippen molar-refractivity contribution in [2.24, 2.45) is 0 Å². The molecular formula is C25H25N3O. The smallest absolute Gasteiger partial charge is 0.327 e. The van der Waals surface area contributed by atoms with Gasteiger partial charge in [0.1, 0.15) is 0 Å². The monoisotopic (exact) mass is 383 g/mol. The number of rotatable bonds is 4. The van der Waals surface area contributed by atoms with Crippen molar-refractivity contribution in [1.82, 2.24) is 5.32 Å². The molecule has 0 saturated carbocycles. The standard InChI is InChI=1S/C25H25N3O/c1-18-9-13-22(14-10-18)28-24(20-11-15-21(16-12-20)27(2)3)17-23(26-25(28)29)19-7-5-4-6-8-19/h4-17,24H,1-3H3,(H,26,29). The van der Waals surface area contributed by atoms with E-state index in [2.05, 4.69) is 40.6 Å². The van der Waals surface area contributed by atoms with Gasteiger partial charge in [-0.1, -0.05) is 60.2 Å². The summed E-state index contributed by atoms with van der Waals surface area (Å²) in [6, 6.07) is 26.1. The number of amides is 2. The fourth-order valence-corrected chi connectivity index (χ4v) is 3.56. The fraction of sp³-hybridized carbons (Fsp3) is 0.160. The zero-order valence-electron chi connectivity index (χ0n) is 17.0. The van der Waals surface area contributed by atoms with E-state index in [-0.39, 0.29) is 12.1 Å². The topological polar surface area (TPSA) is 35.6 Å². The van der Waals surface area contributed by atoms with E-state index in [1.165, 1.54) is 5.56 Å². The van der Waals surface area contributed by atoms with Crippen molar-refractivity contribution in [3.05, 3.63) is 102 Å². The molecule has 4 nitrogen and oxygen atoms in total. The van der Waals surface area contributed by atoms with Crippen LogP contribution in [0.5, 0.6) is 0 Å². The molecule has 3 aromatic rings. The van der Waals surface area contributed by atoms with Gasteiger partial charge in [-0.25, -0.2) is 4.79 Å². The Morgan fingerprint density at radius 2 is 1.52 bits per heavy atom. The van der Waals surface area contributed by atoms with Crippen molar-refractivity contribution in [1.29, 1.82) is 0 Å². The molecule has 1 unspecified atom stereocenters. The van der Waals surface area contributed by atoms with Crippen LogP contribution in [-0.4, -0.2) is 20.1 Å². The predicted molar refractivity (Wildman–Crippen MR) is 120 cm³/mol. The summed E-state index contributed by atoms with van der Waals surface area (Å²) in [4.78, 5) is 17.1. The zero-order valence-corrected chi connectivity index (χ0v) is 17.0. The van der Waals surface area contributed by atoms with Gasteiger partial charge in [-0.05, 0) is 48.4 Å². The Kier molecular flexibility index (Phi) is 5.09. The highest BCUT2D eigenvalue weighted by Gasteiger charge is 2.30. The van der Waals surface area contributed by atoms with E-state index in [0.717, 1.165) is 28.2 Å². The third-order valence-corrected chi connectivity index (χ3v) is 5.21. The molecule has 146 valence electrons. The third kappa shape index (κ3) is 3.87.